The van der Waals surface area contributed by atoms with Crippen molar-refractivity contribution in [3.05, 3.63) is 65.5 Å². The summed E-state index contributed by atoms with van der Waals surface area (Å²) in [5.74, 6) is -1.60. The summed E-state index contributed by atoms with van der Waals surface area (Å²) < 4.78 is 43.3. The first-order valence-corrected chi connectivity index (χ1v) is 9.73. The number of hydrogen-bond acceptors (Lipinski definition) is 5. The van der Waals surface area contributed by atoms with Crippen LogP contribution in [0.4, 0.5) is 4.39 Å². The third-order valence-corrected chi connectivity index (χ3v) is 5.76. The summed E-state index contributed by atoms with van der Waals surface area (Å²) in [4.78, 5) is 25.5. The molecule has 0 bridgehead atoms. The van der Waals surface area contributed by atoms with E-state index in [-0.39, 0.29) is 17.0 Å². The molecule has 0 unspecified atom stereocenters. The Labute approximate surface area is 163 Å². The van der Waals surface area contributed by atoms with Gasteiger partial charge in [-0.15, -0.1) is 0 Å². The molecule has 28 heavy (non-hydrogen) atoms. The summed E-state index contributed by atoms with van der Waals surface area (Å²) >= 11 is 0. The van der Waals surface area contributed by atoms with Gasteiger partial charge in [-0.1, -0.05) is 12.1 Å². The van der Waals surface area contributed by atoms with Gasteiger partial charge in [-0.25, -0.2) is 21.9 Å². The number of amides is 1. The van der Waals surface area contributed by atoms with Gasteiger partial charge >= 0.3 is 5.97 Å². The lowest BCUT2D eigenvalue weighted by Gasteiger charge is -2.17. The highest BCUT2D eigenvalue weighted by Crippen LogP contribution is 2.14. The van der Waals surface area contributed by atoms with Crippen molar-refractivity contribution in [2.24, 2.45) is 0 Å². The summed E-state index contributed by atoms with van der Waals surface area (Å²) in [7, 11) is 0.733. The van der Waals surface area contributed by atoms with Gasteiger partial charge in [0.05, 0.1) is 10.5 Å². The molecule has 0 aliphatic heterocycles. The average molecular weight is 408 g/mol. The van der Waals surface area contributed by atoms with E-state index in [1.807, 2.05) is 0 Å². The number of esters is 1. The fraction of sp³-hybridized carbons (Fsp3) is 0.263. The minimum Gasteiger partial charge on any atom is -0.452 e. The largest absolute Gasteiger partial charge is 0.452 e. The van der Waals surface area contributed by atoms with Gasteiger partial charge in [-0.05, 0) is 42.0 Å². The number of nitrogens with zero attached hydrogens (tertiary/aromatic N) is 2. The topological polar surface area (TPSA) is 84.0 Å². The second-order valence-electron chi connectivity index (χ2n) is 6.27. The summed E-state index contributed by atoms with van der Waals surface area (Å²) in [6, 6.07) is 11.1. The number of carbonyl (C=O) groups is 2. The molecule has 0 fully saturated rings. The van der Waals surface area contributed by atoms with Crippen LogP contribution in [0, 0.1) is 5.82 Å². The molecule has 2 rings (SSSR count). The third kappa shape index (κ3) is 5.37. The van der Waals surface area contributed by atoms with Crippen molar-refractivity contribution in [2.75, 3.05) is 27.7 Å². The van der Waals surface area contributed by atoms with Crippen molar-refractivity contribution >= 4 is 21.9 Å². The number of rotatable bonds is 7. The number of sulfonamides is 1. The van der Waals surface area contributed by atoms with E-state index in [1.165, 1.54) is 62.4 Å². The normalized spacial score (nSPS) is 11.3. The summed E-state index contributed by atoms with van der Waals surface area (Å²) in [5.41, 5.74) is 0.734. The zero-order chi connectivity index (χ0) is 20.9. The van der Waals surface area contributed by atoms with Crippen LogP contribution < -0.4 is 0 Å². The summed E-state index contributed by atoms with van der Waals surface area (Å²) in [6.07, 6.45) is 0. The first-order chi connectivity index (χ1) is 13.1. The first-order valence-electron chi connectivity index (χ1n) is 8.29. The van der Waals surface area contributed by atoms with E-state index in [9.17, 15) is 22.4 Å². The van der Waals surface area contributed by atoms with Crippen molar-refractivity contribution in [3.63, 3.8) is 0 Å². The van der Waals surface area contributed by atoms with Crippen LogP contribution in [0.2, 0.25) is 0 Å². The highest BCUT2D eigenvalue weighted by molar-refractivity contribution is 7.89. The fourth-order valence-electron chi connectivity index (χ4n) is 2.29. The molecule has 0 aliphatic carbocycles. The molecular formula is C19H21FN2O5S. The third-order valence-electron chi connectivity index (χ3n) is 3.93. The highest BCUT2D eigenvalue weighted by Gasteiger charge is 2.18. The SMILES string of the molecule is CN(Cc1cccc(F)c1)C(=O)COC(=O)c1ccc(S(=O)(=O)N(C)C)cc1. The molecule has 0 atom stereocenters. The predicted octanol–water partition coefficient (Wildman–Crippen LogP) is 1.89. The van der Waals surface area contributed by atoms with Gasteiger partial charge < -0.3 is 9.64 Å². The van der Waals surface area contributed by atoms with Gasteiger partial charge in [0.1, 0.15) is 5.82 Å². The zero-order valence-electron chi connectivity index (χ0n) is 15.8. The molecule has 0 spiro atoms. The number of carbonyl (C=O) groups excluding carboxylic acids is 2. The minimum atomic E-state index is -3.60. The summed E-state index contributed by atoms with van der Waals surface area (Å²) in [5, 5.41) is 0. The van der Waals surface area contributed by atoms with E-state index in [1.54, 1.807) is 12.1 Å². The Morgan fingerprint density at radius 1 is 1.04 bits per heavy atom. The van der Waals surface area contributed by atoms with E-state index in [2.05, 4.69) is 0 Å². The van der Waals surface area contributed by atoms with Gasteiger partial charge in [0, 0.05) is 27.7 Å². The monoisotopic (exact) mass is 408 g/mol. The van der Waals surface area contributed by atoms with E-state index >= 15 is 0 Å². The minimum absolute atomic E-state index is 0.0416. The molecule has 0 saturated heterocycles. The molecule has 0 N–H and O–H groups in total. The molecule has 0 saturated carbocycles. The number of ether oxygens (including phenoxy) is 1. The lowest BCUT2D eigenvalue weighted by Crippen LogP contribution is -2.30. The number of hydrogen-bond donors (Lipinski definition) is 0. The van der Waals surface area contributed by atoms with Crippen LogP contribution in [0.15, 0.2) is 53.4 Å². The quantitative estimate of drug-likeness (QED) is 0.654. The Morgan fingerprint density at radius 2 is 1.68 bits per heavy atom. The maximum atomic E-state index is 13.2. The standard InChI is InChI=1S/C19H21FN2O5S/c1-21(2)28(25,26)17-9-7-15(8-10-17)19(24)27-13-18(23)22(3)12-14-5-4-6-16(20)11-14/h4-11H,12-13H2,1-3H3. The van der Waals surface area contributed by atoms with Crippen molar-refractivity contribution in [3.8, 4) is 0 Å². The number of likely N-dealkylation sites (N-methyl/N-ethyl adjacent to an activating group) is 1. The molecule has 2 aromatic rings. The molecule has 0 aromatic heterocycles. The molecule has 2 aromatic carbocycles. The smallest absolute Gasteiger partial charge is 0.338 e. The van der Waals surface area contributed by atoms with Crippen molar-refractivity contribution < 1.29 is 27.1 Å². The second-order valence-corrected chi connectivity index (χ2v) is 8.42. The molecule has 1 amide bonds. The van der Waals surface area contributed by atoms with Gasteiger partial charge in [0.15, 0.2) is 6.61 Å². The maximum Gasteiger partial charge on any atom is 0.338 e. The Hall–Kier alpha value is -2.78. The van der Waals surface area contributed by atoms with E-state index in [0.29, 0.717) is 5.56 Å². The number of benzene rings is 2. The Bertz CT molecular complexity index is 959. The van der Waals surface area contributed by atoms with Crippen LogP contribution >= 0.6 is 0 Å². The molecule has 0 aliphatic rings. The lowest BCUT2D eigenvalue weighted by molar-refractivity contribution is -0.133. The maximum absolute atomic E-state index is 13.2. The average Bonchev–Trinajstić information content (AvgIpc) is 2.65. The van der Waals surface area contributed by atoms with Gasteiger partial charge in [0.25, 0.3) is 5.91 Å². The van der Waals surface area contributed by atoms with Crippen molar-refractivity contribution in [2.45, 2.75) is 11.4 Å². The van der Waals surface area contributed by atoms with Crippen LogP contribution in [0.5, 0.6) is 0 Å². The lowest BCUT2D eigenvalue weighted by atomic mass is 10.2. The zero-order valence-corrected chi connectivity index (χ0v) is 16.6. The number of halogens is 1. The van der Waals surface area contributed by atoms with Crippen LogP contribution in [0.3, 0.4) is 0 Å². The van der Waals surface area contributed by atoms with Gasteiger partial charge in [-0.3, -0.25) is 4.79 Å². The summed E-state index contributed by atoms with van der Waals surface area (Å²) in [6.45, 7) is -0.312. The molecule has 9 heteroatoms. The molecular weight excluding hydrogens is 387 g/mol. The van der Waals surface area contributed by atoms with Gasteiger partial charge in [0.2, 0.25) is 10.0 Å². The van der Waals surface area contributed by atoms with Crippen LogP contribution in [0.25, 0.3) is 0 Å². The Balaban J connectivity index is 1.93. The highest BCUT2D eigenvalue weighted by atomic mass is 32.2. The molecule has 7 nitrogen and oxygen atoms in total. The van der Waals surface area contributed by atoms with Crippen LogP contribution in [-0.4, -0.2) is 57.2 Å². The van der Waals surface area contributed by atoms with Crippen LogP contribution in [-0.2, 0) is 26.1 Å². The van der Waals surface area contributed by atoms with Crippen molar-refractivity contribution in [1.82, 2.24) is 9.21 Å². The van der Waals surface area contributed by atoms with Crippen molar-refractivity contribution in [1.29, 1.82) is 0 Å². The van der Waals surface area contributed by atoms with E-state index < -0.39 is 34.3 Å². The fourth-order valence-corrected chi connectivity index (χ4v) is 3.19. The molecule has 0 heterocycles. The van der Waals surface area contributed by atoms with Crippen LogP contribution in [0.1, 0.15) is 15.9 Å². The Morgan fingerprint density at radius 3 is 2.25 bits per heavy atom. The Kier molecular flexibility index (Phi) is 6.87. The molecule has 150 valence electrons. The van der Waals surface area contributed by atoms with E-state index in [0.717, 1.165) is 4.31 Å². The second kappa shape index (κ2) is 8.94. The first kappa shape index (κ1) is 21.5. The van der Waals surface area contributed by atoms with E-state index in [4.69, 9.17) is 4.74 Å². The molecule has 0 radical (unpaired) electrons. The predicted molar refractivity (Wildman–Crippen MR) is 100 cm³/mol. The van der Waals surface area contributed by atoms with Gasteiger partial charge in [-0.2, -0.15) is 0 Å².